The summed E-state index contributed by atoms with van der Waals surface area (Å²) < 4.78 is 25.2. The maximum atomic E-state index is 12.8. The highest BCUT2D eigenvalue weighted by atomic mass is 31.1. The molecule has 0 aliphatic carbocycles. The van der Waals surface area contributed by atoms with Crippen LogP contribution < -0.4 is 0 Å². The summed E-state index contributed by atoms with van der Waals surface area (Å²) in [5, 5.41) is 0. The number of hydrogen-bond donors (Lipinski definition) is 0. The van der Waals surface area contributed by atoms with Gasteiger partial charge < -0.3 is 8.43 Å². The largest absolute Gasteiger partial charge is 0.353 e. The average Bonchev–Trinajstić information content (AvgIpc) is 2.20. The molecule has 0 aromatic rings. The molecule has 3 nitrogen and oxygen atoms in total. The summed E-state index contributed by atoms with van der Waals surface area (Å²) in [7, 11) is -6.39. The van der Waals surface area contributed by atoms with Crippen LogP contribution in [-0.4, -0.2) is 16.6 Å². The maximum absolute atomic E-state index is 12.8. The van der Waals surface area contributed by atoms with E-state index in [0.29, 0.717) is 23.7 Å². The summed E-state index contributed by atoms with van der Waals surface area (Å²) in [5.41, 5.74) is 0. The third-order valence-corrected chi connectivity index (χ3v) is 16.0. The quantitative estimate of drug-likeness (QED) is 0.260. The van der Waals surface area contributed by atoms with Gasteiger partial charge in [0.2, 0.25) is 16.6 Å². The molecule has 0 aromatic heterocycles. The standard InChI is InChI=1S/C18H43O3PSi2/c1-15(2)11-23(9,12-16(3)4)20-22(19)21-24(10,13-17(5)6)14-18(7)8/h15-18,22H,11-14H2,1-10H3. The van der Waals surface area contributed by atoms with Crippen LogP contribution in [-0.2, 0) is 13.0 Å². The van der Waals surface area contributed by atoms with E-state index in [-0.39, 0.29) is 0 Å². The highest BCUT2D eigenvalue weighted by molar-refractivity contribution is 7.38. The zero-order chi connectivity index (χ0) is 19.1. The molecule has 0 rings (SSSR count). The highest BCUT2D eigenvalue weighted by Gasteiger charge is 2.37. The van der Waals surface area contributed by atoms with Gasteiger partial charge in [-0.05, 0) is 60.9 Å². The van der Waals surface area contributed by atoms with Gasteiger partial charge in [-0.3, -0.25) is 4.57 Å². The lowest BCUT2D eigenvalue weighted by Crippen LogP contribution is -2.38. The predicted molar refractivity (Wildman–Crippen MR) is 113 cm³/mol. The van der Waals surface area contributed by atoms with Crippen molar-refractivity contribution in [1.29, 1.82) is 0 Å². The van der Waals surface area contributed by atoms with Crippen LogP contribution in [0.2, 0.25) is 37.3 Å². The van der Waals surface area contributed by atoms with Crippen LogP contribution in [0.1, 0.15) is 55.4 Å². The Labute approximate surface area is 154 Å². The monoisotopic (exact) mass is 394 g/mol. The molecule has 24 heavy (non-hydrogen) atoms. The molecule has 0 radical (unpaired) electrons. The first-order chi connectivity index (χ1) is 10.8. The molecule has 0 atom stereocenters. The Balaban J connectivity index is 5.06. The fourth-order valence-electron chi connectivity index (χ4n) is 4.21. The molecular weight excluding hydrogens is 351 g/mol. The van der Waals surface area contributed by atoms with Crippen molar-refractivity contribution in [3.63, 3.8) is 0 Å². The molecule has 0 bridgehead atoms. The predicted octanol–water partition coefficient (Wildman–Crippen LogP) is 7.18. The highest BCUT2D eigenvalue weighted by Crippen LogP contribution is 2.42. The third-order valence-electron chi connectivity index (χ3n) is 4.02. The lowest BCUT2D eigenvalue weighted by Gasteiger charge is -2.34. The summed E-state index contributed by atoms with van der Waals surface area (Å²) >= 11 is 0. The second-order valence-electron chi connectivity index (χ2n) is 9.75. The van der Waals surface area contributed by atoms with Crippen molar-refractivity contribution in [2.45, 2.75) is 92.7 Å². The van der Waals surface area contributed by atoms with Crippen molar-refractivity contribution in [3.8, 4) is 0 Å². The fourth-order valence-corrected chi connectivity index (χ4v) is 16.5. The van der Waals surface area contributed by atoms with E-state index >= 15 is 0 Å². The molecule has 6 heteroatoms. The summed E-state index contributed by atoms with van der Waals surface area (Å²) in [4.78, 5) is 0. The maximum Gasteiger partial charge on any atom is 0.299 e. The first kappa shape index (κ1) is 24.6. The first-order valence-electron chi connectivity index (χ1n) is 9.69. The molecule has 0 saturated heterocycles. The van der Waals surface area contributed by atoms with Crippen LogP contribution in [0.15, 0.2) is 0 Å². The molecule has 0 amide bonds. The van der Waals surface area contributed by atoms with Crippen molar-refractivity contribution in [3.05, 3.63) is 0 Å². The molecular formula is C18H43O3PSi2. The van der Waals surface area contributed by atoms with Crippen LogP contribution in [0.5, 0.6) is 0 Å². The molecule has 0 aliphatic heterocycles. The minimum absolute atomic E-state index is 0.574. The van der Waals surface area contributed by atoms with Crippen molar-refractivity contribution in [2.24, 2.45) is 23.7 Å². The summed E-state index contributed by atoms with van der Waals surface area (Å²) in [6, 6.07) is 4.21. The molecule has 0 heterocycles. The Morgan fingerprint density at radius 1 is 0.625 bits per heavy atom. The number of hydrogen-bond acceptors (Lipinski definition) is 3. The molecule has 0 N–H and O–H groups in total. The van der Waals surface area contributed by atoms with Gasteiger partial charge in [0, 0.05) is 0 Å². The molecule has 0 fully saturated rings. The van der Waals surface area contributed by atoms with E-state index in [1.165, 1.54) is 0 Å². The van der Waals surface area contributed by atoms with E-state index in [2.05, 4.69) is 68.5 Å². The Kier molecular flexibility index (Phi) is 10.9. The number of rotatable bonds is 12. The molecule has 0 spiro atoms. The minimum Gasteiger partial charge on any atom is -0.353 e. The normalized spacial score (nSPS) is 14.0. The Bertz CT molecular complexity index is 330. The third kappa shape index (κ3) is 11.2. The van der Waals surface area contributed by atoms with Gasteiger partial charge in [-0.15, -0.1) is 0 Å². The Hall–Kier alpha value is 0.584. The van der Waals surface area contributed by atoms with Gasteiger partial charge in [0.1, 0.15) is 0 Å². The second kappa shape index (κ2) is 10.7. The van der Waals surface area contributed by atoms with Crippen LogP contribution in [0.25, 0.3) is 0 Å². The topological polar surface area (TPSA) is 35.5 Å². The van der Waals surface area contributed by atoms with E-state index in [4.69, 9.17) is 8.43 Å². The van der Waals surface area contributed by atoms with Gasteiger partial charge in [-0.2, -0.15) is 0 Å². The van der Waals surface area contributed by atoms with Gasteiger partial charge >= 0.3 is 0 Å². The van der Waals surface area contributed by atoms with Crippen LogP contribution in [0.3, 0.4) is 0 Å². The van der Waals surface area contributed by atoms with Gasteiger partial charge in [0.15, 0.2) is 0 Å². The van der Waals surface area contributed by atoms with Crippen LogP contribution >= 0.6 is 8.25 Å². The molecule has 146 valence electrons. The molecule has 0 saturated carbocycles. The smallest absolute Gasteiger partial charge is 0.299 e. The zero-order valence-corrected chi connectivity index (χ0v) is 20.9. The molecule has 0 aliphatic rings. The van der Waals surface area contributed by atoms with E-state index in [9.17, 15) is 4.57 Å². The van der Waals surface area contributed by atoms with Gasteiger partial charge in [-0.1, -0.05) is 55.4 Å². The Morgan fingerprint density at radius 2 is 0.833 bits per heavy atom. The van der Waals surface area contributed by atoms with Crippen molar-refractivity contribution in [2.75, 3.05) is 0 Å². The fraction of sp³-hybridized carbons (Fsp3) is 1.00. The van der Waals surface area contributed by atoms with Crippen LogP contribution in [0.4, 0.5) is 0 Å². The molecule has 0 aromatic carbocycles. The van der Waals surface area contributed by atoms with Crippen molar-refractivity contribution < 1.29 is 13.0 Å². The van der Waals surface area contributed by atoms with Crippen molar-refractivity contribution in [1.82, 2.24) is 0 Å². The minimum atomic E-state index is -2.41. The van der Waals surface area contributed by atoms with Crippen molar-refractivity contribution >= 4 is 24.9 Å². The SMILES string of the molecule is CC(C)C[Si](C)(CC(C)C)O[PH](=O)O[Si](C)(CC(C)C)CC(C)C. The first-order valence-corrected chi connectivity index (χ1v) is 16.6. The lowest BCUT2D eigenvalue weighted by molar-refractivity contribution is 0.390. The summed E-state index contributed by atoms with van der Waals surface area (Å²) in [6.45, 7) is 22.3. The molecule has 0 unspecified atom stereocenters. The second-order valence-corrected chi connectivity index (χ2v) is 19.3. The average molecular weight is 395 g/mol. The lowest BCUT2D eigenvalue weighted by atomic mass is 10.3. The van der Waals surface area contributed by atoms with Gasteiger partial charge in [0.05, 0.1) is 0 Å². The summed E-state index contributed by atoms with van der Waals surface area (Å²) in [6.07, 6.45) is 0. The van der Waals surface area contributed by atoms with Crippen LogP contribution in [0, 0.1) is 23.7 Å². The van der Waals surface area contributed by atoms with E-state index in [1.807, 2.05) is 0 Å². The van der Waals surface area contributed by atoms with E-state index < -0.39 is 24.9 Å². The Morgan fingerprint density at radius 3 is 1.00 bits per heavy atom. The van der Waals surface area contributed by atoms with Gasteiger partial charge in [0.25, 0.3) is 8.25 Å². The van der Waals surface area contributed by atoms with Gasteiger partial charge in [-0.25, -0.2) is 0 Å². The van der Waals surface area contributed by atoms with E-state index in [1.54, 1.807) is 0 Å². The van der Waals surface area contributed by atoms with E-state index in [0.717, 1.165) is 24.2 Å². The summed E-state index contributed by atoms with van der Waals surface area (Å²) in [5.74, 6) is 2.30. The zero-order valence-electron chi connectivity index (χ0n) is 17.9.